The summed E-state index contributed by atoms with van der Waals surface area (Å²) in [6.07, 6.45) is 0. The van der Waals surface area contributed by atoms with Gasteiger partial charge in [-0.3, -0.25) is 0 Å². The van der Waals surface area contributed by atoms with E-state index in [1.165, 1.54) is 0 Å². The fraction of sp³-hybridized carbons (Fsp3) is 0.200. The van der Waals surface area contributed by atoms with Crippen molar-refractivity contribution in [2.75, 3.05) is 0 Å². The van der Waals surface area contributed by atoms with Gasteiger partial charge in [0.1, 0.15) is 5.01 Å². The topological polar surface area (TPSA) is 62.7 Å². The summed E-state index contributed by atoms with van der Waals surface area (Å²) in [5.74, 6) is 0. The Hall–Kier alpha value is -1.44. The number of fused-ring (bicyclic) bond motifs is 1. The van der Waals surface area contributed by atoms with Gasteiger partial charge in [0.2, 0.25) is 0 Å². The summed E-state index contributed by atoms with van der Waals surface area (Å²) in [6.45, 7) is 1.91. The van der Waals surface area contributed by atoms with Crippen LogP contribution in [0.3, 0.4) is 0 Å². The normalized spacial score (nSPS) is 12.6. The van der Waals surface area contributed by atoms with Crippen molar-refractivity contribution in [3.8, 4) is 6.07 Å². The van der Waals surface area contributed by atoms with Crippen molar-refractivity contribution in [3.63, 3.8) is 0 Å². The van der Waals surface area contributed by atoms with Crippen LogP contribution in [0, 0.1) is 11.3 Å². The molecule has 0 aliphatic rings. The maximum atomic E-state index is 8.72. The Morgan fingerprint density at radius 1 is 1.57 bits per heavy atom. The Labute approximate surface area is 85.8 Å². The second kappa shape index (κ2) is 3.37. The lowest BCUT2D eigenvalue weighted by molar-refractivity contribution is 0.810. The number of benzene rings is 1. The number of aromatic nitrogens is 1. The van der Waals surface area contributed by atoms with E-state index in [4.69, 9.17) is 11.0 Å². The van der Waals surface area contributed by atoms with Gasteiger partial charge in [-0.15, -0.1) is 11.3 Å². The maximum absolute atomic E-state index is 8.72. The lowest BCUT2D eigenvalue weighted by Gasteiger charge is -1.95. The van der Waals surface area contributed by atoms with Crippen molar-refractivity contribution in [2.45, 2.75) is 13.0 Å². The second-order valence-electron chi connectivity index (χ2n) is 3.14. The smallest absolute Gasteiger partial charge is 0.110 e. The van der Waals surface area contributed by atoms with Gasteiger partial charge >= 0.3 is 0 Å². The van der Waals surface area contributed by atoms with Crippen molar-refractivity contribution in [1.82, 2.24) is 4.98 Å². The Kier molecular flexibility index (Phi) is 2.20. The molecule has 0 amide bonds. The Morgan fingerprint density at radius 2 is 2.36 bits per heavy atom. The van der Waals surface area contributed by atoms with Gasteiger partial charge in [0.05, 0.1) is 27.9 Å². The molecule has 0 saturated heterocycles. The molecule has 1 aromatic carbocycles. The van der Waals surface area contributed by atoms with Crippen LogP contribution in [0.4, 0.5) is 0 Å². The molecule has 0 saturated carbocycles. The minimum atomic E-state index is -0.0436. The van der Waals surface area contributed by atoms with Crippen LogP contribution in [0.2, 0.25) is 0 Å². The summed E-state index contributed by atoms with van der Waals surface area (Å²) < 4.78 is 1.02. The van der Waals surface area contributed by atoms with Crippen molar-refractivity contribution < 1.29 is 0 Å². The summed E-state index contributed by atoms with van der Waals surface area (Å²) in [6, 6.07) is 7.54. The van der Waals surface area contributed by atoms with Gasteiger partial charge in [0.15, 0.2) is 0 Å². The zero-order valence-electron chi connectivity index (χ0n) is 7.69. The minimum absolute atomic E-state index is 0.0436. The van der Waals surface area contributed by atoms with E-state index in [2.05, 4.69) is 11.1 Å². The minimum Gasteiger partial charge on any atom is -0.322 e. The zero-order valence-corrected chi connectivity index (χ0v) is 8.51. The zero-order chi connectivity index (χ0) is 10.1. The first kappa shape index (κ1) is 9.13. The highest BCUT2D eigenvalue weighted by atomic mass is 32.1. The second-order valence-corrected chi connectivity index (χ2v) is 4.20. The molecular weight excluding hydrogens is 194 g/mol. The molecule has 0 aliphatic heterocycles. The first-order valence-electron chi connectivity index (χ1n) is 4.27. The number of hydrogen-bond donors (Lipinski definition) is 1. The van der Waals surface area contributed by atoms with Crippen LogP contribution in [0.25, 0.3) is 10.2 Å². The van der Waals surface area contributed by atoms with Crippen LogP contribution < -0.4 is 5.73 Å². The molecule has 14 heavy (non-hydrogen) atoms. The lowest BCUT2D eigenvalue weighted by atomic mass is 10.2. The van der Waals surface area contributed by atoms with Crippen LogP contribution in [-0.2, 0) is 0 Å². The predicted octanol–water partition coefficient (Wildman–Crippen LogP) is 2.19. The van der Waals surface area contributed by atoms with E-state index in [0.717, 1.165) is 15.2 Å². The SMILES string of the molecule is CC(N)c1nc2ccc(C#N)cc2s1. The van der Waals surface area contributed by atoms with Crippen molar-refractivity contribution in [3.05, 3.63) is 28.8 Å². The van der Waals surface area contributed by atoms with Crippen LogP contribution in [0.5, 0.6) is 0 Å². The van der Waals surface area contributed by atoms with Gasteiger partial charge in [-0.05, 0) is 25.1 Å². The summed E-state index contributed by atoms with van der Waals surface area (Å²) in [5, 5.41) is 9.63. The monoisotopic (exact) mass is 203 g/mol. The standard InChI is InChI=1S/C10H9N3S/c1-6(12)10-13-8-3-2-7(5-11)4-9(8)14-10/h2-4,6H,12H2,1H3. The average Bonchev–Trinajstić information content (AvgIpc) is 2.59. The van der Waals surface area contributed by atoms with Crippen LogP contribution >= 0.6 is 11.3 Å². The average molecular weight is 203 g/mol. The molecule has 1 atom stereocenters. The molecule has 3 nitrogen and oxygen atoms in total. The molecule has 1 heterocycles. The molecule has 4 heteroatoms. The quantitative estimate of drug-likeness (QED) is 0.772. The van der Waals surface area contributed by atoms with E-state index < -0.39 is 0 Å². The van der Waals surface area contributed by atoms with Crippen molar-refractivity contribution in [2.24, 2.45) is 5.73 Å². The van der Waals surface area contributed by atoms with E-state index in [-0.39, 0.29) is 6.04 Å². The fourth-order valence-corrected chi connectivity index (χ4v) is 2.17. The third kappa shape index (κ3) is 1.48. The van der Waals surface area contributed by atoms with Gasteiger partial charge in [-0.1, -0.05) is 0 Å². The number of nitrogens with zero attached hydrogens (tertiary/aromatic N) is 2. The molecule has 0 fully saturated rings. The van der Waals surface area contributed by atoms with Crippen molar-refractivity contribution >= 4 is 21.6 Å². The van der Waals surface area contributed by atoms with Gasteiger partial charge < -0.3 is 5.73 Å². The predicted molar refractivity (Wildman–Crippen MR) is 56.9 cm³/mol. The van der Waals surface area contributed by atoms with Gasteiger partial charge in [-0.2, -0.15) is 5.26 Å². The highest BCUT2D eigenvalue weighted by Gasteiger charge is 2.07. The third-order valence-corrected chi connectivity index (χ3v) is 3.14. The Balaban J connectivity index is 2.61. The van der Waals surface area contributed by atoms with Gasteiger partial charge in [0.25, 0.3) is 0 Å². The first-order chi connectivity index (χ1) is 6.70. The highest BCUT2D eigenvalue weighted by Crippen LogP contribution is 2.25. The molecule has 1 aromatic heterocycles. The van der Waals surface area contributed by atoms with E-state index >= 15 is 0 Å². The summed E-state index contributed by atoms with van der Waals surface area (Å²) in [4.78, 5) is 4.37. The molecule has 0 aliphatic carbocycles. The van der Waals surface area contributed by atoms with E-state index in [1.54, 1.807) is 17.4 Å². The van der Waals surface area contributed by atoms with Crippen molar-refractivity contribution in [1.29, 1.82) is 5.26 Å². The maximum Gasteiger partial charge on any atom is 0.110 e. The summed E-state index contributed by atoms with van der Waals surface area (Å²) in [7, 11) is 0. The number of thiazole rings is 1. The third-order valence-electron chi connectivity index (χ3n) is 1.92. The number of nitrogens with two attached hydrogens (primary N) is 1. The van der Waals surface area contributed by atoms with Gasteiger partial charge in [-0.25, -0.2) is 4.98 Å². The summed E-state index contributed by atoms with van der Waals surface area (Å²) >= 11 is 1.55. The van der Waals surface area contributed by atoms with Gasteiger partial charge in [0, 0.05) is 0 Å². The lowest BCUT2D eigenvalue weighted by Crippen LogP contribution is -2.03. The molecule has 0 spiro atoms. The largest absolute Gasteiger partial charge is 0.322 e. The molecule has 2 rings (SSSR count). The Bertz CT molecular complexity index is 508. The molecule has 2 N–H and O–H groups in total. The first-order valence-corrected chi connectivity index (χ1v) is 5.08. The highest BCUT2D eigenvalue weighted by molar-refractivity contribution is 7.18. The molecule has 0 radical (unpaired) electrons. The van der Waals surface area contributed by atoms with Crippen LogP contribution in [-0.4, -0.2) is 4.98 Å². The number of rotatable bonds is 1. The summed E-state index contributed by atoms with van der Waals surface area (Å²) in [5.41, 5.74) is 7.31. The fourth-order valence-electron chi connectivity index (χ4n) is 1.21. The number of nitriles is 1. The molecule has 2 aromatic rings. The van der Waals surface area contributed by atoms with E-state index in [0.29, 0.717) is 5.56 Å². The molecule has 0 bridgehead atoms. The van der Waals surface area contributed by atoms with E-state index in [9.17, 15) is 0 Å². The molecular formula is C10H9N3S. The molecule has 1 unspecified atom stereocenters. The van der Waals surface area contributed by atoms with Crippen LogP contribution in [0.15, 0.2) is 18.2 Å². The molecule has 70 valence electrons. The van der Waals surface area contributed by atoms with E-state index in [1.807, 2.05) is 19.1 Å². The Morgan fingerprint density at radius 3 is 3.00 bits per heavy atom. The van der Waals surface area contributed by atoms with Crippen LogP contribution in [0.1, 0.15) is 23.5 Å². The number of hydrogen-bond acceptors (Lipinski definition) is 4.